The van der Waals surface area contributed by atoms with Crippen molar-refractivity contribution >= 4 is 11.6 Å². The summed E-state index contributed by atoms with van der Waals surface area (Å²) in [6.07, 6.45) is 0.545. The van der Waals surface area contributed by atoms with E-state index in [-0.39, 0.29) is 11.7 Å². The number of halogens is 1. The van der Waals surface area contributed by atoms with Crippen molar-refractivity contribution < 1.29 is 14.0 Å². The largest absolute Gasteiger partial charge is 0.390 e. The molecule has 0 unspecified atom stereocenters. The molecule has 1 N–H and O–H groups in total. The first-order valence-electron chi connectivity index (χ1n) is 5.39. The van der Waals surface area contributed by atoms with Crippen LogP contribution >= 0.6 is 0 Å². The lowest BCUT2D eigenvalue weighted by atomic mass is 10.1. The van der Waals surface area contributed by atoms with Crippen LogP contribution in [0.3, 0.4) is 0 Å². The second-order valence-corrected chi connectivity index (χ2v) is 3.95. The number of oxime groups is 1. The van der Waals surface area contributed by atoms with Gasteiger partial charge in [-0.15, -0.1) is 0 Å². The highest BCUT2D eigenvalue weighted by Crippen LogP contribution is 2.10. The molecule has 0 spiro atoms. The highest BCUT2D eigenvalue weighted by Gasteiger charge is 2.19. The van der Waals surface area contributed by atoms with Crippen molar-refractivity contribution in [1.29, 1.82) is 0 Å². The lowest BCUT2D eigenvalue weighted by molar-refractivity contribution is 0.0751. The molecule has 5 heteroatoms. The highest BCUT2D eigenvalue weighted by atomic mass is 19.1. The Morgan fingerprint density at radius 1 is 1.59 bits per heavy atom. The van der Waals surface area contributed by atoms with Crippen LogP contribution in [0, 0.1) is 5.82 Å². The molecule has 1 amide bonds. The van der Waals surface area contributed by atoms with Gasteiger partial charge in [0.05, 0.1) is 17.8 Å². The van der Waals surface area contributed by atoms with Crippen LogP contribution in [0.15, 0.2) is 29.4 Å². The third-order valence-electron chi connectivity index (χ3n) is 2.49. The van der Waals surface area contributed by atoms with Gasteiger partial charge in [-0.1, -0.05) is 17.3 Å². The summed E-state index contributed by atoms with van der Waals surface area (Å²) in [6, 6.07) is 5.87. The third-order valence-corrected chi connectivity index (χ3v) is 2.49. The van der Waals surface area contributed by atoms with E-state index in [1.165, 1.54) is 12.1 Å². The fourth-order valence-electron chi connectivity index (χ4n) is 1.63. The van der Waals surface area contributed by atoms with Crippen molar-refractivity contribution in [2.75, 3.05) is 6.54 Å². The molecule has 1 aliphatic heterocycles. The number of nitrogens with zero attached hydrogens (tertiary/aromatic N) is 1. The molecule has 0 radical (unpaired) electrons. The Morgan fingerprint density at radius 2 is 2.35 bits per heavy atom. The fraction of sp³-hybridized carbons (Fsp3) is 0.333. The first-order valence-corrected chi connectivity index (χ1v) is 5.39. The van der Waals surface area contributed by atoms with Crippen LogP contribution in [-0.4, -0.2) is 24.3 Å². The van der Waals surface area contributed by atoms with E-state index in [0.29, 0.717) is 13.0 Å². The lowest BCUT2D eigenvalue weighted by Gasteiger charge is -2.10. The topological polar surface area (TPSA) is 50.7 Å². The van der Waals surface area contributed by atoms with Gasteiger partial charge >= 0.3 is 0 Å². The molecule has 1 aromatic rings. The highest BCUT2D eigenvalue weighted by molar-refractivity contribution is 5.94. The summed E-state index contributed by atoms with van der Waals surface area (Å²) in [4.78, 5) is 16.7. The number of amides is 1. The average Bonchev–Trinajstić information content (AvgIpc) is 2.73. The molecule has 17 heavy (non-hydrogen) atoms. The summed E-state index contributed by atoms with van der Waals surface area (Å²) in [5, 5.41) is 6.40. The standard InChI is InChI=1S/C12H13FN2O2/c1-8-6-9(17-15-8)7-14-12(16)10-4-2-3-5-11(10)13/h2-5,9H,6-7H2,1H3,(H,14,16)/t9-/m0/s1. The van der Waals surface area contributed by atoms with Crippen molar-refractivity contribution in [2.45, 2.75) is 19.4 Å². The summed E-state index contributed by atoms with van der Waals surface area (Å²) in [5.41, 5.74) is 0.943. The molecule has 0 saturated heterocycles. The van der Waals surface area contributed by atoms with Gasteiger partial charge in [0.2, 0.25) is 0 Å². The van der Waals surface area contributed by atoms with Crippen LogP contribution in [0.4, 0.5) is 4.39 Å². The van der Waals surface area contributed by atoms with Crippen LogP contribution in [-0.2, 0) is 4.84 Å². The van der Waals surface area contributed by atoms with Crippen molar-refractivity contribution in [2.24, 2.45) is 5.16 Å². The van der Waals surface area contributed by atoms with Crippen LogP contribution in [0.1, 0.15) is 23.7 Å². The Morgan fingerprint density at radius 3 is 3.00 bits per heavy atom. The zero-order chi connectivity index (χ0) is 12.3. The molecule has 0 saturated carbocycles. The molecular weight excluding hydrogens is 223 g/mol. The van der Waals surface area contributed by atoms with E-state index in [2.05, 4.69) is 10.5 Å². The van der Waals surface area contributed by atoms with Crippen LogP contribution in [0.5, 0.6) is 0 Å². The van der Waals surface area contributed by atoms with Gasteiger partial charge in [0.15, 0.2) is 0 Å². The lowest BCUT2D eigenvalue weighted by Crippen LogP contribution is -2.32. The maximum Gasteiger partial charge on any atom is 0.254 e. The molecule has 0 aliphatic carbocycles. The second-order valence-electron chi connectivity index (χ2n) is 3.95. The fourth-order valence-corrected chi connectivity index (χ4v) is 1.63. The van der Waals surface area contributed by atoms with Crippen LogP contribution in [0.2, 0.25) is 0 Å². The molecule has 1 aromatic carbocycles. The Hall–Kier alpha value is -1.91. The Kier molecular flexibility index (Phi) is 3.37. The molecule has 90 valence electrons. The van der Waals surface area contributed by atoms with Gasteiger partial charge in [0, 0.05) is 6.42 Å². The summed E-state index contributed by atoms with van der Waals surface area (Å²) < 4.78 is 13.3. The van der Waals surface area contributed by atoms with Gasteiger partial charge in [-0.05, 0) is 19.1 Å². The van der Waals surface area contributed by atoms with E-state index in [4.69, 9.17) is 4.84 Å². The molecule has 4 nitrogen and oxygen atoms in total. The second kappa shape index (κ2) is 4.95. The Labute approximate surface area is 98.5 Å². The van der Waals surface area contributed by atoms with Crippen molar-refractivity contribution in [3.05, 3.63) is 35.6 Å². The maximum absolute atomic E-state index is 13.3. The van der Waals surface area contributed by atoms with E-state index in [1.54, 1.807) is 12.1 Å². The summed E-state index contributed by atoms with van der Waals surface area (Å²) in [7, 11) is 0. The van der Waals surface area contributed by atoms with Crippen molar-refractivity contribution in [3.8, 4) is 0 Å². The minimum Gasteiger partial charge on any atom is -0.390 e. The van der Waals surface area contributed by atoms with Gasteiger partial charge in [0.1, 0.15) is 11.9 Å². The summed E-state index contributed by atoms with van der Waals surface area (Å²) >= 11 is 0. The predicted octanol–water partition coefficient (Wildman–Crippen LogP) is 1.72. The van der Waals surface area contributed by atoms with Gasteiger partial charge in [0.25, 0.3) is 5.91 Å². The first-order chi connectivity index (χ1) is 8.16. The minimum absolute atomic E-state index is 0.0446. The molecule has 1 aliphatic rings. The Bertz CT molecular complexity index is 460. The quantitative estimate of drug-likeness (QED) is 0.868. The van der Waals surface area contributed by atoms with E-state index in [0.717, 1.165) is 5.71 Å². The predicted molar refractivity (Wildman–Crippen MR) is 61.3 cm³/mol. The number of nitrogens with one attached hydrogen (secondary N) is 1. The van der Waals surface area contributed by atoms with Gasteiger partial charge in [-0.3, -0.25) is 4.79 Å². The van der Waals surface area contributed by atoms with E-state index < -0.39 is 11.7 Å². The zero-order valence-corrected chi connectivity index (χ0v) is 9.44. The first kappa shape index (κ1) is 11.6. The molecule has 1 atom stereocenters. The van der Waals surface area contributed by atoms with Crippen molar-refractivity contribution in [1.82, 2.24) is 5.32 Å². The van der Waals surface area contributed by atoms with Gasteiger partial charge in [-0.25, -0.2) is 4.39 Å². The molecular formula is C12H13FN2O2. The number of hydrogen-bond donors (Lipinski definition) is 1. The molecule has 0 fully saturated rings. The normalized spacial score (nSPS) is 18.5. The Balaban J connectivity index is 1.88. The number of benzene rings is 1. The van der Waals surface area contributed by atoms with E-state index in [9.17, 15) is 9.18 Å². The van der Waals surface area contributed by atoms with Crippen molar-refractivity contribution in [3.63, 3.8) is 0 Å². The number of hydrogen-bond acceptors (Lipinski definition) is 3. The van der Waals surface area contributed by atoms with Crippen LogP contribution in [0.25, 0.3) is 0 Å². The minimum atomic E-state index is -0.523. The third kappa shape index (κ3) is 2.81. The van der Waals surface area contributed by atoms with Gasteiger partial charge < -0.3 is 10.2 Å². The maximum atomic E-state index is 13.3. The number of carbonyl (C=O) groups excluding carboxylic acids is 1. The van der Waals surface area contributed by atoms with E-state index in [1.807, 2.05) is 6.92 Å². The SMILES string of the molecule is CC1=NO[C@H](CNC(=O)c2ccccc2F)C1. The summed E-state index contributed by atoms with van der Waals surface area (Å²) in [5.74, 6) is -0.957. The van der Waals surface area contributed by atoms with Gasteiger partial charge in [-0.2, -0.15) is 0 Å². The molecule has 1 heterocycles. The smallest absolute Gasteiger partial charge is 0.254 e. The summed E-state index contributed by atoms with van der Waals surface area (Å²) in [6.45, 7) is 2.19. The molecule has 0 aromatic heterocycles. The average molecular weight is 236 g/mol. The van der Waals surface area contributed by atoms with E-state index >= 15 is 0 Å². The van der Waals surface area contributed by atoms with Crippen LogP contribution < -0.4 is 5.32 Å². The number of carbonyl (C=O) groups is 1. The zero-order valence-electron chi connectivity index (χ0n) is 9.44. The number of rotatable bonds is 3. The molecule has 2 rings (SSSR count). The monoisotopic (exact) mass is 236 g/mol. The molecule has 0 bridgehead atoms.